The molecule has 0 rings (SSSR count). The van der Waals surface area contributed by atoms with Gasteiger partial charge in [-0.2, -0.15) is 0 Å². The highest BCUT2D eigenvalue weighted by atomic mass is 16.4. The number of amides is 3. The smallest absolute Gasteiger partial charge is 0.326 e. The van der Waals surface area contributed by atoms with Gasteiger partial charge in [0, 0.05) is 13.0 Å². The number of carbonyl (C=O) groups is 3. The molecule has 18 heavy (non-hydrogen) atoms. The van der Waals surface area contributed by atoms with E-state index in [0.717, 1.165) is 13.0 Å². The van der Waals surface area contributed by atoms with Crippen molar-refractivity contribution >= 4 is 17.9 Å². The minimum absolute atomic E-state index is 0.0192. The molecule has 0 aliphatic heterocycles. The van der Waals surface area contributed by atoms with Crippen molar-refractivity contribution in [2.45, 2.75) is 25.3 Å². The van der Waals surface area contributed by atoms with Crippen LogP contribution in [0.25, 0.3) is 0 Å². The van der Waals surface area contributed by atoms with E-state index in [1.165, 1.54) is 0 Å². The molecular weight excluding hydrogens is 240 g/mol. The third kappa shape index (κ3) is 8.34. The second-order valence-electron chi connectivity index (χ2n) is 3.75. The van der Waals surface area contributed by atoms with Crippen LogP contribution >= 0.6 is 0 Å². The Morgan fingerprint density at radius 2 is 1.94 bits per heavy atom. The van der Waals surface area contributed by atoms with E-state index < -0.39 is 23.9 Å². The highest BCUT2D eigenvalue weighted by Crippen LogP contribution is 1.97. The summed E-state index contributed by atoms with van der Waals surface area (Å²) in [6.45, 7) is 1.19. The normalized spacial score (nSPS) is 11.6. The van der Waals surface area contributed by atoms with Gasteiger partial charge in [-0.3, -0.25) is 4.79 Å². The lowest BCUT2D eigenvalue weighted by Crippen LogP contribution is -2.46. The fourth-order valence-corrected chi connectivity index (χ4v) is 1.22. The first-order valence-electron chi connectivity index (χ1n) is 5.67. The van der Waals surface area contributed by atoms with E-state index in [2.05, 4.69) is 16.0 Å². The molecule has 8 heteroatoms. The van der Waals surface area contributed by atoms with Gasteiger partial charge in [-0.05, 0) is 26.4 Å². The molecule has 0 unspecified atom stereocenters. The first kappa shape index (κ1) is 16.2. The van der Waals surface area contributed by atoms with Crippen molar-refractivity contribution in [3.63, 3.8) is 0 Å². The average Bonchev–Trinajstić information content (AvgIpc) is 2.29. The summed E-state index contributed by atoms with van der Waals surface area (Å²) in [6, 6.07) is -1.68. The first-order chi connectivity index (χ1) is 8.47. The third-order valence-corrected chi connectivity index (χ3v) is 2.17. The van der Waals surface area contributed by atoms with Gasteiger partial charge in [0.25, 0.3) is 0 Å². The lowest BCUT2D eigenvalue weighted by atomic mass is 10.1. The number of nitrogens with one attached hydrogen (secondary N) is 3. The molecule has 0 radical (unpaired) electrons. The maximum absolute atomic E-state index is 11.3. The van der Waals surface area contributed by atoms with Gasteiger partial charge < -0.3 is 26.8 Å². The number of carboxylic acid groups (broad SMARTS) is 1. The van der Waals surface area contributed by atoms with Gasteiger partial charge in [0.2, 0.25) is 5.91 Å². The van der Waals surface area contributed by atoms with E-state index in [4.69, 9.17) is 10.8 Å². The number of carboxylic acids is 1. The van der Waals surface area contributed by atoms with Crippen LogP contribution in [0, 0.1) is 0 Å². The second kappa shape index (κ2) is 9.23. The molecule has 0 aromatic carbocycles. The summed E-state index contributed by atoms with van der Waals surface area (Å²) in [6.07, 6.45) is 0.633. The van der Waals surface area contributed by atoms with Gasteiger partial charge in [0.05, 0.1) is 0 Å². The summed E-state index contributed by atoms with van der Waals surface area (Å²) < 4.78 is 0. The van der Waals surface area contributed by atoms with Crippen molar-refractivity contribution in [3.05, 3.63) is 0 Å². The van der Waals surface area contributed by atoms with Gasteiger partial charge >= 0.3 is 12.0 Å². The Kier molecular flexibility index (Phi) is 8.29. The molecule has 0 aromatic heterocycles. The van der Waals surface area contributed by atoms with Crippen molar-refractivity contribution in [2.75, 3.05) is 20.1 Å². The number of carbonyl (C=O) groups excluding carboxylic acids is 2. The van der Waals surface area contributed by atoms with Crippen LogP contribution in [-0.4, -0.2) is 49.2 Å². The maximum Gasteiger partial charge on any atom is 0.326 e. The summed E-state index contributed by atoms with van der Waals surface area (Å²) in [5.41, 5.74) is 4.92. The van der Waals surface area contributed by atoms with Crippen LogP contribution in [0.3, 0.4) is 0 Å². The van der Waals surface area contributed by atoms with E-state index in [1.54, 1.807) is 7.05 Å². The maximum atomic E-state index is 11.3. The zero-order valence-electron chi connectivity index (χ0n) is 10.4. The number of primary amides is 1. The third-order valence-electron chi connectivity index (χ3n) is 2.17. The predicted octanol–water partition coefficient (Wildman–Crippen LogP) is -1.39. The van der Waals surface area contributed by atoms with Crippen LogP contribution in [0.4, 0.5) is 4.79 Å². The Balaban J connectivity index is 3.96. The van der Waals surface area contributed by atoms with E-state index in [0.29, 0.717) is 6.54 Å². The SMILES string of the molecule is CNCCCNC(=O)N[C@@H](CCC(N)=O)C(=O)O. The summed E-state index contributed by atoms with van der Waals surface area (Å²) in [7, 11) is 1.80. The van der Waals surface area contributed by atoms with E-state index in [-0.39, 0.29) is 12.8 Å². The number of urea groups is 1. The fourth-order valence-electron chi connectivity index (χ4n) is 1.22. The Hall–Kier alpha value is -1.83. The average molecular weight is 260 g/mol. The molecule has 0 spiro atoms. The molecule has 0 fully saturated rings. The van der Waals surface area contributed by atoms with Crippen LogP contribution in [0.15, 0.2) is 0 Å². The van der Waals surface area contributed by atoms with Gasteiger partial charge in [0.15, 0.2) is 0 Å². The highest BCUT2D eigenvalue weighted by Gasteiger charge is 2.20. The summed E-state index contributed by atoms with van der Waals surface area (Å²) in [4.78, 5) is 32.7. The largest absolute Gasteiger partial charge is 0.480 e. The van der Waals surface area contributed by atoms with Crippen LogP contribution in [0.1, 0.15) is 19.3 Å². The Morgan fingerprint density at radius 1 is 1.28 bits per heavy atom. The zero-order valence-corrected chi connectivity index (χ0v) is 10.4. The van der Waals surface area contributed by atoms with Crippen molar-refractivity contribution in [2.24, 2.45) is 5.73 Å². The summed E-state index contributed by atoms with van der Waals surface area (Å²) in [5, 5.41) is 16.5. The monoisotopic (exact) mass is 260 g/mol. The second-order valence-corrected chi connectivity index (χ2v) is 3.75. The molecule has 6 N–H and O–H groups in total. The van der Waals surface area contributed by atoms with E-state index in [9.17, 15) is 14.4 Å². The van der Waals surface area contributed by atoms with Crippen LogP contribution in [0.5, 0.6) is 0 Å². The first-order valence-corrected chi connectivity index (χ1v) is 5.67. The molecular formula is C10H20N4O4. The standard InChI is InChI=1S/C10H20N4O4/c1-12-5-2-6-13-10(18)14-7(9(16)17)3-4-8(11)15/h7,12H,2-6H2,1H3,(H2,11,15)(H,16,17)(H2,13,14,18)/t7-/m0/s1. The number of rotatable bonds is 9. The molecule has 1 atom stereocenters. The molecule has 8 nitrogen and oxygen atoms in total. The molecule has 0 heterocycles. The lowest BCUT2D eigenvalue weighted by molar-refractivity contribution is -0.139. The van der Waals surface area contributed by atoms with Gasteiger partial charge in [-0.1, -0.05) is 0 Å². The van der Waals surface area contributed by atoms with Crippen molar-refractivity contribution in [3.8, 4) is 0 Å². The quantitative estimate of drug-likeness (QED) is 0.326. The van der Waals surface area contributed by atoms with Crippen LogP contribution in [0.2, 0.25) is 0 Å². The van der Waals surface area contributed by atoms with Gasteiger partial charge in [-0.15, -0.1) is 0 Å². The van der Waals surface area contributed by atoms with E-state index in [1.807, 2.05) is 0 Å². The minimum Gasteiger partial charge on any atom is -0.480 e. The Bertz CT molecular complexity index is 296. The van der Waals surface area contributed by atoms with Crippen LogP contribution in [-0.2, 0) is 9.59 Å². The summed E-state index contributed by atoms with van der Waals surface area (Å²) in [5.74, 6) is -1.79. The number of nitrogens with two attached hydrogens (primary N) is 1. The molecule has 0 bridgehead atoms. The fraction of sp³-hybridized carbons (Fsp3) is 0.700. The van der Waals surface area contributed by atoms with Gasteiger partial charge in [-0.25, -0.2) is 9.59 Å². The molecule has 0 aliphatic rings. The summed E-state index contributed by atoms with van der Waals surface area (Å²) >= 11 is 0. The van der Waals surface area contributed by atoms with Crippen LogP contribution < -0.4 is 21.7 Å². The number of hydrogen-bond acceptors (Lipinski definition) is 4. The molecule has 0 saturated heterocycles. The molecule has 0 aromatic rings. The topological polar surface area (TPSA) is 134 Å². The van der Waals surface area contributed by atoms with E-state index >= 15 is 0 Å². The lowest BCUT2D eigenvalue weighted by Gasteiger charge is -2.14. The van der Waals surface area contributed by atoms with Gasteiger partial charge in [0.1, 0.15) is 6.04 Å². The molecule has 3 amide bonds. The Morgan fingerprint density at radius 3 is 2.44 bits per heavy atom. The predicted molar refractivity (Wildman–Crippen MR) is 64.9 cm³/mol. The zero-order chi connectivity index (χ0) is 14.0. The molecule has 104 valence electrons. The van der Waals surface area contributed by atoms with Crippen molar-refractivity contribution in [1.82, 2.24) is 16.0 Å². The minimum atomic E-state index is -1.19. The molecule has 0 aliphatic carbocycles. The Labute approximate surface area is 105 Å². The number of aliphatic carboxylic acids is 1. The van der Waals surface area contributed by atoms with Crippen molar-refractivity contribution < 1.29 is 19.5 Å². The molecule has 0 saturated carbocycles. The van der Waals surface area contributed by atoms with Crippen molar-refractivity contribution in [1.29, 1.82) is 0 Å². The highest BCUT2D eigenvalue weighted by molar-refractivity contribution is 5.83. The number of hydrogen-bond donors (Lipinski definition) is 5.